The van der Waals surface area contributed by atoms with Crippen LogP contribution < -0.4 is 9.47 Å². The summed E-state index contributed by atoms with van der Waals surface area (Å²) in [5.74, 6) is 2.13. The maximum absolute atomic E-state index is 15.1. The van der Waals surface area contributed by atoms with Crippen LogP contribution in [0.5, 0.6) is 11.5 Å². The molecular weight excluding hydrogens is 471 g/mol. The number of halogens is 1. The van der Waals surface area contributed by atoms with Gasteiger partial charge in [-0.05, 0) is 131 Å². The van der Waals surface area contributed by atoms with Crippen LogP contribution in [0.15, 0.2) is 60.7 Å². The maximum Gasteiger partial charge on any atom is 0.131 e. The van der Waals surface area contributed by atoms with Crippen LogP contribution in [-0.2, 0) is 18.4 Å². The predicted octanol–water partition coefficient (Wildman–Crippen LogP) is 9.29. The Morgan fingerprint density at radius 3 is 2.45 bits per heavy atom. The molecular formula is C35H39FO2. The number of benzene rings is 3. The van der Waals surface area contributed by atoms with E-state index in [-0.39, 0.29) is 11.2 Å². The van der Waals surface area contributed by atoms with E-state index >= 15 is 4.39 Å². The zero-order chi connectivity index (χ0) is 26.5. The van der Waals surface area contributed by atoms with Crippen molar-refractivity contribution in [2.45, 2.75) is 77.7 Å². The first-order valence-electron chi connectivity index (χ1n) is 14.2. The third kappa shape index (κ3) is 4.25. The molecule has 1 spiro atoms. The Morgan fingerprint density at radius 1 is 0.895 bits per heavy atom. The van der Waals surface area contributed by atoms with Crippen LogP contribution in [0.1, 0.15) is 81.5 Å². The van der Waals surface area contributed by atoms with Gasteiger partial charge in [0.25, 0.3) is 0 Å². The lowest BCUT2D eigenvalue weighted by Crippen LogP contribution is -2.45. The molecule has 3 aliphatic rings. The summed E-state index contributed by atoms with van der Waals surface area (Å²) >= 11 is 0. The minimum atomic E-state index is -0.235. The van der Waals surface area contributed by atoms with Gasteiger partial charge in [0.15, 0.2) is 0 Å². The van der Waals surface area contributed by atoms with Crippen LogP contribution in [0.25, 0.3) is 16.7 Å². The van der Waals surface area contributed by atoms with Gasteiger partial charge in [0, 0.05) is 5.56 Å². The highest BCUT2D eigenvalue weighted by Crippen LogP contribution is 2.55. The standard InChI is InChI=1S/C35H39FO2/c1-23-15-18-35(23)17-5-7-25-10-11-27(21-32(25)35)38-22-24-9-13-28(30-20-26(37-4)12-14-33(30)36)29(19-24)31-8-6-16-34(31,2)3/h8-14,19-21,23H,5-7,15-18,22H2,1-4H3/t23-,35+/m0/s1. The normalized spacial score (nSPS) is 23.5. The highest BCUT2D eigenvalue weighted by Gasteiger charge is 2.47. The summed E-state index contributed by atoms with van der Waals surface area (Å²) in [7, 11) is 1.62. The predicted molar refractivity (Wildman–Crippen MR) is 153 cm³/mol. The van der Waals surface area contributed by atoms with Crippen molar-refractivity contribution in [3.63, 3.8) is 0 Å². The van der Waals surface area contributed by atoms with Gasteiger partial charge in [-0.3, -0.25) is 0 Å². The molecule has 0 aliphatic heterocycles. The number of allylic oxidation sites excluding steroid dienone is 2. The van der Waals surface area contributed by atoms with Gasteiger partial charge in [-0.1, -0.05) is 45.0 Å². The fourth-order valence-corrected chi connectivity index (χ4v) is 7.21. The number of hydrogen-bond donors (Lipinski definition) is 0. The third-order valence-electron chi connectivity index (χ3n) is 9.74. The molecule has 3 aromatic carbocycles. The molecule has 198 valence electrons. The van der Waals surface area contributed by atoms with Crippen LogP contribution in [0.2, 0.25) is 0 Å². The first-order valence-corrected chi connectivity index (χ1v) is 14.2. The quantitative estimate of drug-likeness (QED) is 0.329. The molecule has 3 aromatic rings. The summed E-state index contributed by atoms with van der Waals surface area (Å²) in [5, 5.41) is 0. The van der Waals surface area contributed by atoms with E-state index in [9.17, 15) is 0 Å². The summed E-state index contributed by atoms with van der Waals surface area (Å²) < 4.78 is 26.9. The molecule has 0 aromatic heterocycles. The van der Waals surface area contributed by atoms with Crippen LogP contribution in [0, 0.1) is 17.2 Å². The smallest absolute Gasteiger partial charge is 0.131 e. The van der Waals surface area contributed by atoms with Crippen molar-refractivity contribution >= 4 is 5.57 Å². The number of hydrogen-bond acceptors (Lipinski definition) is 2. The van der Waals surface area contributed by atoms with Crippen LogP contribution in [-0.4, -0.2) is 7.11 Å². The fraction of sp³-hybridized carbons (Fsp3) is 0.429. The second-order valence-corrected chi connectivity index (χ2v) is 12.3. The topological polar surface area (TPSA) is 18.5 Å². The molecule has 0 heterocycles. The Balaban J connectivity index is 1.33. The lowest BCUT2D eigenvalue weighted by molar-refractivity contribution is 0.114. The molecule has 0 saturated heterocycles. The average molecular weight is 511 g/mol. The van der Waals surface area contributed by atoms with E-state index in [2.05, 4.69) is 63.2 Å². The molecule has 0 bridgehead atoms. The van der Waals surface area contributed by atoms with E-state index in [0.29, 0.717) is 23.3 Å². The summed E-state index contributed by atoms with van der Waals surface area (Å²) in [5.41, 5.74) is 8.39. The molecule has 3 heteroatoms. The van der Waals surface area contributed by atoms with Crippen molar-refractivity contribution in [1.29, 1.82) is 0 Å². The zero-order valence-corrected chi connectivity index (χ0v) is 23.2. The van der Waals surface area contributed by atoms with Crippen LogP contribution in [0.3, 0.4) is 0 Å². The van der Waals surface area contributed by atoms with Crippen molar-refractivity contribution < 1.29 is 13.9 Å². The van der Waals surface area contributed by atoms with Crippen LogP contribution in [0.4, 0.5) is 4.39 Å². The van der Waals surface area contributed by atoms with E-state index < -0.39 is 0 Å². The highest BCUT2D eigenvalue weighted by atomic mass is 19.1. The van der Waals surface area contributed by atoms with Gasteiger partial charge in [-0.25, -0.2) is 4.39 Å². The van der Waals surface area contributed by atoms with Crippen molar-refractivity contribution in [3.8, 4) is 22.6 Å². The second-order valence-electron chi connectivity index (χ2n) is 12.3. The monoisotopic (exact) mass is 510 g/mol. The average Bonchev–Trinajstić information content (AvgIpc) is 3.29. The van der Waals surface area contributed by atoms with Crippen molar-refractivity contribution in [3.05, 3.63) is 88.7 Å². The molecule has 6 rings (SSSR count). The van der Waals surface area contributed by atoms with E-state index in [1.54, 1.807) is 19.2 Å². The molecule has 38 heavy (non-hydrogen) atoms. The van der Waals surface area contributed by atoms with Gasteiger partial charge >= 0.3 is 0 Å². The Bertz CT molecular complexity index is 1400. The largest absolute Gasteiger partial charge is 0.497 e. The van der Waals surface area contributed by atoms with Gasteiger partial charge in [-0.2, -0.15) is 0 Å². The van der Waals surface area contributed by atoms with Gasteiger partial charge in [0.05, 0.1) is 7.11 Å². The minimum absolute atomic E-state index is 0.0376. The molecule has 2 nitrogen and oxygen atoms in total. The number of rotatable bonds is 6. The van der Waals surface area contributed by atoms with Crippen molar-refractivity contribution in [2.75, 3.05) is 7.11 Å². The first kappa shape index (κ1) is 25.2. The van der Waals surface area contributed by atoms with Gasteiger partial charge in [0.1, 0.15) is 23.9 Å². The third-order valence-corrected chi connectivity index (χ3v) is 9.74. The molecule has 0 N–H and O–H groups in total. The summed E-state index contributed by atoms with van der Waals surface area (Å²) in [4.78, 5) is 0. The van der Waals surface area contributed by atoms with E-state index in [1.807, 2.05) is 0 Å². The Morgan fingerprint density at radius 2 is 1.74 bits per heavy atom. The van der Waals surface area contributed by atoms with Crippen molar-refractivity contribution in [2.24, 2.45) is 11.3 Å². The second kappa shape index (κ2) is 9.59. The van der Waals surface area contributed by atoms with Gasteiger partial charge in [-0.15, -0.1) is 0 Å². The Kier molecular flexibility index (Phi) is 6.37. The summed E-state index contributed by atoms with van der Waals surface area (Å²) in [6.45, 7) is 7.47. The first-order chi connectivity index (χ1) is 18.3. The number of aryl methyl sites for hydroxylation is 1. The van der Waals surface area contributed by atoms with Crippen LogP contribution >= 0.6 is 0 Å². The molecule has 2 atom stereocenters. The lowest BCUT2D eigenvalue weighted by atomic mass is 9.52. The van der Waals surface area contributed by atoms with Crippen molar-refractivity contribution in [1.82, 2.24) is 0 Å². The summed E-state index contributed by atoms with van der Waals surface area (Å²) in [6.07, 6.45) is 10.9. The minimum Gasteiger partial charge on any atom is -0.497 e. The van der Waals surface area contributed by atoms with E-state index in [4.69, 9.17) is 9.47 Å². The molecule has 3 aliphatic carbocycles. The highest BCUT2D eigenvalue weighted by molar-refractivity contribution is 5.85. The van der Waals surface area contributed by atoms with Gasteiger partial charge in [0.2, 0.25) is 0 Å². The Labute approximate surface area is 226 Å². The molecule has 0 unspecified atom stereocenters. The SMILES string of the molecule is COc1ccc(F)c(-c2ccc(COc3ccc4c(c3)[C@]3(CCC4)CC[C@@H]3C)cc2C2=CCCC2(C)C)c1. The molecule has 1 fully saturated rings. The molecule has 0 radical (unpaired) electrons. The van der Waals surface area contributed by atoms with E-state index in [0.717, 1.165) is 41.2 Å². The Hall–Kier alpha value is -3.07. The van der Waals surface area contributed by atoms with Gasteiger partial charge < -0.3 is 9.47 Å². The number of fused-ring (bicyclic) bond motifs is 2. The maximum atomic E-state index is 15.1. The molecule has 1 saturated carbocycles. The fourth-order valence-electron chi connectivity index (χ4n) is 7.21. The van der Waals surface area contributed by atoms with E-state index in [1.165, 1.54) is 54.9 Å². The summed E-state index contributed by atoms with van der Waals surface area (Å²) in [6, 6.07) is 18.1. The number of methoxy groups -OCH3 is 1. The zero-order valence-electron chi connectivity index (χ0n) is 23.2. The number of ether oxygens (including phenoxy) is 2. The molecule has 0 amide bonds. The lowest BCUT2D eigenvalue weighted by Gasteiger charge is -2.52.